The third-order valence-electron chi connectivity index (χ3n) is 5.01. The van der Waals surface area contributed by atoms with Crippen molar-refractivity contribution < 1.29 is 0 Å². The Bertz CT molecular complexity index is 1380. The summed E-state index contributed by atoms with van der Waals surface area (Å²) in [6.07, 6.45) is 0. The van der Waals surface area contributed by atoms with E-state index in [0.717, 1.165) is 22.5 Å². The summed E-state index contributed by atoms with van der Waals surface area (Å²) in [5.74, 6) is 1.07. The molecule has 0 aliphatic rings. The van der Waals surface area contributed by atoms with Gasteiger partial charge in [-0.05, 0) is 48.5 Å². The third kappa shape index (κ3) is 2.77. The maximum Gasteiger partial charge on any atom is 0.267 e. The molecule has 3 aromatic carbocycles. The Hall–Kier alpha value is -3.93. The van der Waals surface area contributed by atoms with Gasteiger partial charge in [-0.15, -0.1) is 5.10 Å². The second-order valence-corrected chi connectivity index (χ2v) is 7.08. The lowest BCUT2D eigenvalue weighted by atomic mass is 10.2. The highest BCUT2D eigenvalue weighted by atomic mass is 16.1. The molecule has 0 saturated carbocycles. The van der Waals surface area contributed by atoms with Crippen molar-refractivity contribution in [3.8, 4) is 17.1 Å². The monoisotopic (exact) mass is 381 g/mol. The van der Waals surface area contributed by atoms with Crippen LogP contribution in [-0.2, 0) is 0 Å². The fourth-order valence-electron chi connectivity index (χ4n) is 3.50. The Morgan fingerprint density at radius 1 is 0.828 bits per heavy atom. The van der Waals surface area contributed by atoms with E-state index in [9.17, 15) is 4.79 Å². The second-order valence-electron chi connectivity index (χ2n) is 7.08. The maximum absolute atomic E-state index is 13.3. The quantitative estimate of drug-likeness (QED) is 0.477. The first-order valence-corrected chi connectivity index (χ1v) is 9.37. The van der Waals surface area contributed by atoms with Crippen molar-refractivity contribution >= 4 is 22.4 Å². The zero-order chi connectivity index (χ0) is 20.0. The predicted octanol–water partition coefficient (Wildman–Crippen LogP) is 3.77. The van der Waals surface area contributed by atoms with Gasteiger partial charge in [0.1, 0.15) is 0 Å². The lowest BCUT2D eigenvalue weighted by Gasteiger charge is -2.11. The standard InChI is InChI=1S/C23H19N5O/c1-26(2)17-14-12-16(13-15-17)21-24-23-27(18-8-4-3-5-9-18)22(29)19-10-6-7-11-20(19)28(23)25-21/h3-15H,1-2H3. The normalized spacial score (nSPS) is 11.2. The SMILES string of the molecule is CN(C)c1ccc(-c2nc3n(-c4ccccc4)c(=O)c4ccccc4n3n2)cc1. The molecular weight excluding hydrogens is 362 g/mol. The molecular formula is C23H19N5O. The van der Waals surface area contributed by atoms with Crippen molar-refractivity contribution in [2.45, 2.75) is 0 Å². The minimum absolute atomic E-state index is 0.110. The van der Waals surface area contributed by atoms with E-state index in [1.165, 1.54) is 0 Å². The number of anilines is 1. The van der Waals surface area contributed by atoms with E-state index in [4.69, 9.17) is 10.1 Å². The van der Waals surface area contributed by atoms with Crippen LogP contribution in [0.15, 0.2) is 83.7 Å². The van der Waals surface area contributed by atoms with E-state index in [0.29, 0.717) is 17.0 Å². The molecule has 6 nitrogen and oxygen atoms in total. The van der Waals surface area contributed by atoms with Gasteiger partial charge in [-0.3, -0.25) is 4.79 Å². The largest absolute Gasteiger partial charge is 0.378 e. The lowest BCUT2D eigenvalue weighted by molar-refractivity contribution is 0.919. The first-order chi connectivity index (χ1) is 14.1. The molecule has 5 rings (SSSR count). The molecule has 2 heterocycles. The third-order valence-corrected chi connectivity index (χ3v) is 5.01. The molecule has 29 heavy (non-hydrogen) atoms. The highest BCUT2D eigenvalue weighted by Gasteiger charge is 2.17. The van der Waals surface area contributed by atoms with E-state index in [1.54, 1.807) is 9.08 Å². The van der Waals surface area contributed by atoms with Gasteiger partial charge >= 0.3 is 0 Å². The molecule has 0 radical (unpaired) electrons. The molecule has 6 heteroatoms. The number of nitrogens with zero attached hydrogens (tertiary/aromatic N) is 5. The molecule has 0 bridgehead atoms. The van der Waals surface area contributed by atoms with Gasteiger partial charge in [0.05, 0.1) is 16.6 Å². The summed E-state index contributed by atoms with van der Waals surface area (Å²) < 4.78 is 3.37. The fraction of sp³-hybridized carbons (Fsp3) is 0.0870. The molecule has 0 atom stereocenters. The molecule has 0 unspecified atom stereocenters. The molecule has 142 valence electrons. The van der Waals surface area contributed by atoms with Gasteiger partial charge in [-0.2, -0.15) is 9.50 Å². The van der Waals surface area contributed by atoms with Gasteiger partial charge in [0, 0.05) is 25.3 Å². The number of hydrogen-bond donors (Lipinski definition) is 0. The van der Waals surface area contributed by atoms with Gasteiger partial charge in [0.25, 0.3) is 5.56 Å². The molecule has 0 spiro atoms. The van der Waals surface area contributed by atoms with Gasteiger partial charge in [-0.25, -0.2) is 4.57 Å². The molecule has 0 aliphatic carbocycles. The van der Waals surface area contributed by atoms with Crippen LogP contribution in [0.3, 0.4) is 0 Å². The number of hydrogen-bond acceptors (Lipinski definition) is 4. The molecule has 2 aromatic heterocycles. The lowest BCUT2D eigenvalue weighted by Crippen LogP contribution is -2.21. The van der Waals surface area contributed by atoms with Crippen LogP contribution in [0.4, 0.5) is 5.69 Å². The highest BCUT2D eigenvalue weighted by molar-refractivity contribution is 5.81. The van der Waals surface area contributed by atoms with Crippen molar-refractivity contribution in [2.24, 2.45) is 0 Å². The van der Waals surface area contributed by atoms with Crippen molar-refractivity contribution in [2.75, 3.05) is 19.0 Å². The average molecular weight is 381 g/mol. The predicted molar refractivity (Wildman–Crippen MR) is 116 cm³/mol. The fourth-order valence-corrected chi connectivity index (χ4v) is 3.50. The first kappa shape index (κ1) is 17.2. The van der Waals surface area contributed by atoms with Gasteiger partial charge < -0.3 is 4.90 Å². The van der Waals surface area contributed by atoms with Gasteiger partial charge in [0.15, 0.2) is 5.82 Å². The zero-order valence-corrected chi connectivity index (χ0v) is 16.1. The smallest absolute Gasteiger partial charge is 0.267 e. The number of fused-ring (bicyclic) bond motifs is 3. The zero-order valence-electron chi connectivity index (χ0n) is 16.1. The minimum atomic E-state index is -0.110. The molecule has 0 saturated heterocycles. The van der Waals surface area contributed by atoms with Gasteiger partial charge in [-0.1, -0.05) is 30.3 Å². The summed E-state index contributed by atoms with van der Waals surface area (Å²) in [5, 5.41) is 5.35. The number of benzene rings is 3. The van der Waals surface area contributed by atoms with Gasteiger partial charge in [0.2, 0.25) is 5.78 Å². The number of para-hydroxylation sites is 2. The van der Waals surface area contributed by atoms with Crippen LogP contribution in [0.1, 0.15) is 0 Å². The summed E-state index contributed by atoms with van der Waals surface area (Å²) in [6.45, 7) is 0. The summed E-state index contributed by atoms with van der Waals surface area (Å²) in [7, 11) is 4.01. The van der Waals surface area contributed by atoms with E-state index < -0.39 is 0 Å². The first-order valence-electron chi connectivity index (χ1n) is 9.37. The summed E-state index contributed by atoms with van der Waals surface area (Å²) in [4.78, 5) is 20.1. The molecule has 0 amide bonds. The van der Waals surface area contributed by atoms with Crippen molar-refractivity contribution in [3.05, 3.63) is 89.2 Å². The van der Waals surface area contributed by atoms with E-state index >= 15 is 0 Å². The summed E-state index contributed by atoms with van der Waals surface area (Å²) in [6, 6.07) is 25.1. The molecule has 5 aromatic rings. The van der Waals surface area contributed by atoms with Crippen LogP contribution in [0, 0.1) is 0 Å². The topological polar surface area (TPSA) is 55.4 Å². The summed E-state index contributed by atoms with van der Waals surface area (Å²) in [5.41, 5.74) is 3.39. The Kier molecular flexibility index (Phi) is 3.91. The second kappa shape index (κ2) is 6.60. The van der Waals surface area contributed by atoms with Crippen molar-refractivity contribution in [1.29, 1.82) is 0 Å². The van der Waals surface area contributed by atoms with Crippen LogP contribution >= 0.6 is 0 Å². The molecule has 0 aliphatic heterocycles. The van der Waals surface area contributed by atoms with Crippen molar-refractivity contribution in [1.82, 2.24) is 19.2 Å². The Balaban J connectivity index is 1.82. The average Bonchev–Trinajstić information content (AvgIpc) is 3.20. The van der Waals surface area contributed by atoms with E-state index in [1.807, 2.05) is 97.9 Å². The van der Waals surface area contributed by atoms with E-state index in [2.05, 4.69) is 0 Å². The van der Waals surface area contributed by atoms with Crippen LogP contribution in [0.25, 0.3) is 33.8 Å². The minimum Gasteiger partial charge on any atom is -0.378 e. The Morgan fingerprint density at radius 3 is 2.24 bits per heavy atom. The molecule has 0 fully saturated rings. The van der Waals surface area contributed by atoms with E-state index in [-0.39, 0.29) is 5.56 Å². The number of aromatic nitrogens is 4. The highest BCUT2D eigenvalue weighted by Crippen LogP contribution is 2.23. The van der Waals surface area contributed by atoms with Crippen molar-refractivity contribution in [3.63, 3.8) is 0 Å². The molecule has 0 N–H and O–H groups in total. The van der Waals surface area contributed by atoms with Crippen LogP contribution in [0.5, 0.6) is 0 Å². The van der Waals surface area contributed by atoms with Crippen LogP contribution in [-0.4, -0.2) is 33.3 Å². The Labute approximate surface area is 167 Å². The van der Waals surface area contributed by atoms with Crippen LogP contribution in [0.2, 0.25) is 0 Å². The van der Waals surface area contributed by atoms with Crippen LogP contribution < -0.4 is 10.5 Å². The Morgan fingerprint density at radius 2 is 1.52 bits per heavy atom. The summed E-state index contributed by atoms with van der Waals surface area (Å²) >= 11 is 0. The number of rotatable bonds is 3. The maximum atomic E-state index is 13.3.